The molecule has 1 aliphatic carbocycles. The van der Waals surface area contributed by atoms with Crippen molar-refractivity contribution in [2.75, 3.05) is 13.2 Å². The van der Waals surface area contributed by atoms with E-state index in [4.69, 9.17) is 14.3 Å². The molecule has 0 heterocycles. The van der Waals surface area contributed by atoms with Gasteiger partial charge in [0.1, 0.15) is 0 Å². The van der Waals surface area contributed by atoms with Gasteiger partial charge in [-0.25, -0.2) is 9.59 Å². The zero-order chi connectivity index (χ0) is 14.1. The van der Waals surface area contributed by atoms with Crippen LogP contribution in [-0.2, 0) is 23.9 Å². The molecule has 0 aromatic carbocycles. The summed E-state index contributed by atoms with van der Waals surface area (Å²) in [6.45, 7) is 2.82. The summed E-state index contributed by atoms with van der Waals surface area (Å²) < 4.78 is 9.51. The van der Waals surface area contributed by atoms with Crippen LogP contribution < -0.4 is 5.48 Å². The van der Waals surface area contributed by atoms with Gasteiger partial charge in [0.15, 0.2) is 13.2 Å². The van der Waals surface area contributed by atoms with E-state index in [1.165, 1.54) is 6.42 Å². The Balaban J connectivity index is 2.07. The molecule has 0 radical (unpaired) electrons. The third kappa shape index (κ3) is 7.46. The van der Waals surface area contributed by atoms with Crippen LogP contribution in [-0.4, -0.2) is 31.3 Å². The standard InChI is InChI=1S/C13H21NO5/c1-10(2)19-13(16)8-17-12(15)9-18-14-11-6-4-3-5-7-11/h6,10,14H,3-5,7-9H2,1-2H3. The van der Waals surface area contributed by atoms with Crippen LogP contribution in [0.4, 0.5) is 0 Å². The number of ether oxygens (including phenoxy) is 2. The number of nitrogens with one attached hydrogen (secondary N) is 1. The van der Waals surface area contributed by atoms with Gasteiger partial charge < -0.3 is 9.47 Å². The summed E-state index contributed by atoms with van der Waals surface area (Å²) in [5.74, 6) is -1.17. The molecule has 1 aliphatic rings. The fourth-order valence-electron chi connectivity index (χ4n) is 1.60. The maximum atomic E-state index is 11.3. The molecule has 1 rings (SSSR count). The van der Waals surface area contributed by atoms with Crippen molar-refractivity contribution in [1.29, 1.82) is 0 Å². The lowest BCUT2D eigenvalue weighted by Gasteiger charge is -2.14. The second-order valence-corrected chi connectivity index (χ2v) is 4.57. The predicted molar refractivity (Wildman–Crippen MR) is 67.8 cm³/mol. The van der Waals surface area contributed by atoms with Gasteiger partial charge in [0.2, 0.25) is 0 Å². The fraction of sp³-hybridized carbons (Fsp3) is 0.692. The Hall–Kier alpha value is -1.56. The van der Waals surface area contributed by atoms with Gasteiger partial charge in [0.25, 0.3) is 0 Å². The number of allylic oxidation sites excluding steroid dienone is 2. The van der Waals surface area contributed by atoms with Crippen molar-refractivity contribution in [2.45, 2.75) is 45.6 Å². The van der Waals surface area contributed by atoms with Gasteiger partial charge in [-0.05, 0) is 39.5 Å². The number of carbonyl (C=O) groups excluding carboxylic acids is 2. The first-order chi connectivity index (χ1) is 9.08. The lowest BCUT2D eigenvalue weighted by molar-refractivity contribution is -0.164. The molecule has 108 valence electrons. The Morgan fingerprint density at radius 3 is 2.68 bits per heavy atom. The molecule has 1 N–H and O–H groups in total. The van der Waals surface area contributed by atoms with Crippen molar-refractivity contribution < 1.29 is 23.9 Å². The van der Waals surface area contributed by atoms with Gasteiger partial charge >= 0.3 is 11.9 Å². The minimum atomic E-state index is -0.607. The molecule has 0 aromatic rings. The highest BCUT2D eigenvalue weighted by Gasteiger charge is 2.11. The van der Waals surface area contributed by atoms with Crippen molar-refractivity contribution in [2.24, 2.45) is 0 Å². The SMILES string of the molecule is CC(C)OC(=O)COC(=O)CONC1=CCCCC1. The van der Waals surface area contributed by atoms with E-state index < -0.39 is 11.9 Å². The van der Waals surface area contributed by atoms with Crippen LogP contribution in [0.15, 0.2) is 11.8 Å². The molecule has 0 spiro atoms. The largest absolute Gasteiger partial charge is 0.460 e. The van der Waals surface area contributed by atoms with Crippen molar-refractivity contribution in [3.8, 4) is 0 Å². The monoisotopic (exact) mass is 271 g/mol. The quantitative estimate of drug-likeness (QED) is 0.558. The first-order valence-electron chi connectivity index (χ1n) is 6.50. The third-order valence-electron chi connectivity index (χ3n) is 2.40. The van der Waals surface area contributed by atoms with Crippen molar-refractivity contribution in [1.82, 2.24) is 5.48 Å². The topological polar surface area (TPSA) is 73.9 Å². The molecule has 0 bridgehead atoms. The molecular weight excluding hydrogens is 250 g/mol. The maximum Gasteiger partial charge on any atom is 0.344 e. The molecule has 0 unspecified atom stereocenters. The van der Waals surface area contributed by atoms with Crippen LogP contribution in [0.3, 0.4) is 0 Å². The van der Waals surface area contributed by atoms with Crippen LogP contribution in [0.25, 0.3) is 0 Å². The van der Waals surface area contributed by atoms with Gasteiger partial charge in [-0.3, -0.25) is 10.3 Å². The van der Waals surface area contributed by atoms with E-state index >= 15 is 0 Å². The van der Waals surface area contributed by atoms with E-state index in [0.29, 0.717) is 0 Å². The van der Waals surface area contributed by atoms with Crippen molar-refractivity contribution in [3.63, 3.8) is 0 Å². The summed E-state index contributed by atoms with van der Waals surface area (Å²) in [4.78, 5) is 27.4. The van der Waals surface area contributed by atoms with Crippen LogP contribution in [0.1, 0.15) is 39.5 Å². The van der Waals surface area contributed by atoms with E-state index in [1.54, 1.807) is 13.8 Å². The number of carbonyl (C=O) groups is 2. The summed E-state index contributed by atoms with van der Waals surface area (Å²) >= 11 is 0. The summed E-state index contributed by atoms with van der Waals surface area (Å²) in [7, 11) is 0. The molecule has 6 heteroatoms. The van der Waals surface area contributed by atoms with Gasteiger partial charge in [-0.1, -0.05) is 6.08 Å². The summed E-state index contributed by atoms with van der Waals surface area (Å²) in [5, 5.41) is 0. The zero-order valence-corrected chi connectivity index (χ0v) is 11.4. The highest BCUT2D eigenvalue weighted by atomic mass is 16.7. The summed E-state index contributed by atoms with van der Waals surface area (Å²) in [6.07, 6.45) is 6.09. The number of hydroxylamine groups is 1. The minimum absolute atomic E-state index is 0.220. The number of hydrogen-bond acceptors (Lipinski definition) is 6. The molecule has 0 fully saturated rings. The van der Waals surface area contributed by atoms with Crippen molar-refractivity contribution >= 4 is 11.9 Å². The maximum absolute atomic E-state index is 11.3. The first-order valence-corrected chi connectivity index (χ1v) is 6.50. The molecule has 0 aromatic heterocycles. The van der Waals surface area contributed by atoms with Crippen LogP contribution >= 0.6 is 0 Å². The Labute approximate surface area is 113 Å². The van der Waals surface area contributed by atoms with Crippen LogP contribution in [0.2, 0.25) is 0 Å². The molecule has 0 amide bonds. The highest BCUT2D eigenvalue weighted by Crippen LogP contribution is 2.14. The van der Waals surface area contributed by atoms with E-state index in [9.17, 15) is 9.59 Å². The van der Waals surface area contributed by atoms with Crippen LogP contribution in [0, 0.1) is 0 Å². The summed E-state index contributed by atoms with van der Waals surface area (Å²) in [5.41, 5.74) is 3.70. The Morgan fingerprint density at radius 1 is 1.26 bits per heavy atom. The third-order valence-corrected chi connectivity index (χ3v) is 2.40. The first kappa shape index (κ1) is 15.5. The Bertz CT molecular complexity index is 338. The van der Waals surface area contributed by atoms with Gasteiger partial charge in [0.05, 0.1) is 6.10 Å². The number of hydrogen-bond donors (Lipinski definition) is 1. The molecule has 0 aliphatic heterocycles. The average molecular weight is 271 g/mol. The molecule has 0 saturated heterocycles. The normalized spacial score (nSPS) is 14.8. The average Bonchev–Trinajstić information content (AvgIpc) is 2.37. The smallest absolute Gasteiger partial charge is 0.344 e. The second kappa shape index (κ2) is 8.53. The van der Waals surface area contributed by atoms with E-state index in [2.05, 4.69) is 11.6 Å². The number of rotatable bonds is 7. The van der Waals surface area contributed by atoms with Crippen molar-refractivity contribution in [3.05, 3.63) is 11.8 Å². The lowest BCUT2D eigenvalue weighted by atomic mass is 10.1. The van der Waals surface area contributed by atoms with E-state index in [0.717, 1.165) is 25.0 Å². The van der Waals surface area contributed by atoms with Gasteiger partial charge in [-0.2, -0.15) is 0 Å². The summed E-state index contributed by atoms with van der Waals surface area (Å²) in [6, 6.07) is 0. The lowest BCUT2D eigenvalue weighted by Crippen LogP contribution is -2.25. The predicted octanol–water partition coefficient (Wildman–Crippen LogP) is 1.46. The van der Waals surface area contributed by atoms with E-state index in [1.807, 2.05) is 0 Å². The molecular formula is C13H21NO5. The molecule has 19 heavy (non-hydrogen) atoms. The minimum Gasteiger partial charge on any atom is -0.460 e. The second-order valence-electron chi connectivity index (χ2n) is 4.57. The molecule has 6 nitrogen and oxygen atoms in total. The zero-order valence-electron chi connectivity index (χ0n) is 11.4. The molecule has 0 saturated carbocycles. The molecule has 0 atom stereocenters. The Kier molecular flexibility index (Phi) is 6.95. The highest BCUT2D eigenvalue weighted by molar-refractivity contribution is 5.77. The number of esters is 2. The van der Waals surface area contributed by atoms with Crippen LogP contribution in [0.5, 0.6) is 0 Å². The Morgan fingerprint density at radius 2 is 2.05 bits per heavy atom. The fourth-order valence-corrected chi connectivity index (χ4v) is 1.60. The van der Waals surface area contributed by atoms with Gasteiger partial charge in [-0.15, -0.1) is 0 Å². The van der Waals surface area contributed by atoms with Gasteiger partial charge in [0, 0.05) is 5.70 Å². The van der Waals surface area contributed by atoms with E-state index in [-0.39, 0.29) is 19.3 Å².